The molecule has 0 aliphatic heterocycles. The van der Waals surface area contributed by atoms with Gasteiger partial charge in [-0.25, -0.2) is 9.37 Å². The predicted molar refractivity (Wildman–Crippen MR) is 88.6 cm³/mol. The number of rotatable bonds is 4. The lowest BCUT2D eigenvalue weighted by atomic mass is 9.98. The minimum absolute atomic E-state index is 0.173. The molecule has 0 radical (unpaired) electrons. The van der Waals surface area contributed by atoms with Crippen LogP contribution in [0.4, 0.5) is 4.39 Å². The van der Waals surface area contributed by atoms with Crippen LogP contribution in [-0.4, -0.2) is 17.8 Å². The van der Waals surface area contributed by atoms with E-state index < -0.39 is 0 Å². The number of nitrogens with one attached hydrogen (secondary N) is 1. The van der Waals surface area contributed by atoms with Crippen molar-refractivity contribution in [3.63, 3.8) is 0 Å². The maximum Gasteiger partial charge on any atom is 0.134 e. The van der Waals surface area contributed by atoms with Gasteiger partial charge in [0.25, 0.3) is 0 Å². The summed E-state index contributed by atoms with van der Waals surface area (Å²) in [6.07, 6.45) is 5.29. The highest BCUT2D eigenvalue weighted by Gasteiger charge is 2.25. The monoisotopic (exact) mass is 322 g/mol. The van der Waals surface area contributed by atoms with E-state index in [0.29, 0.717) is 11.6 Å². The van der Waals surface area contributed by atoms with E-state index in [1.807, 2.05) is 12.3 Å². The molecule has 112 valence electrons. The van der Waals surface area contributed by atoms with Crippen LogP contribution in [0, 0.1) is 5.82 Å². The zero-order valence-electron chi connectivity index (χ0n) is 12.3. The number of aryl methyl sites for hydroxylation is 1. The summed E-state index contributed by atoms with van der Waals surface area (Å²) in [5.41, 5.74) is 1.82. The fourth-order valence-electron chi connectivity index (χ4n) is 2.85. The number of benzene rings is 1. The van der Waals surface area contributed by atoms with E-state index in [4.69, 9.17) is 4.98 Å². The summed E-state index contributed by atoms with van der Waals surface area (Å²) in [5.74, 6) is -0.173. The van der Waals surface area contributed by atoms with Gasteiger partial charge in [-0.1, -0.05) is 13.0 Å². The van der Waals surface area contributed by atoms with E-state index in [1.165, 1.54) is 10.9 Å². The molecule has 0 saturated carbocycles. The van der Waals surface area contributed by atoms with Crippen molar-refractivity contribution < 1.29 is 4.39 Å². The van der Waals surface area contributed by atoms with Crippen molar-refractivity contribution >= 4 is 23.1 Å². The zero-order valence-corrected chi connectivity index (χ0v) is 13.9. The molecule has 5 heteroatoms. The van der Waals surface area contributed by atoms with Gasteiger partial charge in [-0.2, -0.15) is 0 Å². The highest BCUT2D eigenvalue weighted by atomic mass is 32.2. The molecule has 0 saturated heterocycles. The molecule has 21 heavy (non-hydrogen) atoms. The molecular formula is C16H19FN2S2. The Morgan fingerprint density at radius 2 is 2.33 bits per heavy atom. The normalized spacial score (nSPS) is 17.8. The minimum atomic E-state index is -0.173. The van der Waals surface area contributed by atoms with Crippen molar-refractivity contribution in [2.45, 2.75) is 37.1 Å². The van der Waals surface area contributed by atoms with Crippen molar-refractivity contribution in [3.8, 4) is 10.6 Å². The van der Waals surface area contributed by atoms with Crippen molar-refractivity contribution in [1.82, 2.24) is 10.3 Å². The summed E-state index contributed by atoms with van der Waals surface area (Å²) in [6, 6.07) is 5.64. The Kier molecular flexibility index (Phi) is 4.62. The quantitative estimate of drug-likeness (QED) is 0.829. The summed E-state index contributed by atoms with van der Waals surface area (Å²) in [5, 5.41) is 4.35. The second-order valence-electron chi connectivity index (χ2n) is 5.15. The van der Waals surface area contributed by atoms with Crippen LogP contribution in [0.25, 0.3) is 10.6 Å². The molecule has 1 aliphatic carbocycles. The van der Waals surface area contributed by atoms with Crippen LogP contribution in [-0.2, 0) is 6.42 Å². The van der Waals surface area contributed by atoms with Crippen LogP contribution < -0.4 is 5.32 Å². The number of thioether (sulfide) groups is 1. The highest BCUT2D eigenvalue weighted by Crippen LogP contribution is 2.41. The van der Waals surface area contributed by atoms with Crippen LogP contribution in [0.1, 0.15) is 36.4 Å². The predicted octanol–water partition coefficient (Wildman–Crippen LogP) is 4.66. The first-order chi connectivity index (χ1) is 10.2. The lowest BCUT2D eigenvalue weighted by Gasteiger charge is -2.21. The number of hydrogen-bond acceptors (Lipinski definition) is 4. The van der Waals surface area contributed by atoms with Crippen LogP contribution >= 0.6 is 23.1 Å². The zero-order chi connectivity index (χ0) is 14.8. The average molecular weight is 322 g/mol. The number of nitrogens with zero attached hydrogens (tertiary/aromatic N) is 1. The molecule has 1 unspecified atom stereocenters. The average Bonchev–Trinajstić information content (AvgIpc) is 2.91. The minimum Gasteiger partial charge on any atom is -0.309 e. The molecule has 0 fully saturated rings. The molecule has 1 atom stereocenters. The van der Waals surface area contributed by atoms with Crippen molar-refractivity contribution in [2.75, 3.05) is 12.8 Å². The van der Waals surface area contributed by atoms with E-state index >= 15 is 0 Å². The Hall–Kier alpha value is -0.910. The summed E-state index contributed by atoms with van der Waals surface area (Å²) in [4.78, 5) is 7.01. The molecule has 1 aromatic heterocycles. The summed E-state index contributed by atoms with van der Waals surface area (Å²) >= 11 is 3.23. The number of fused-ring (bicyclic) bond motifs is 1. The lowest BCUT2D eigenvalue weighted by Crippen LogP contribution is -2.23. The smallest absolute Gasteiger partial charge is 0.134 e. The molecule has 0 bridgehead atoms. The topological polar surface area (TPSA) is 24.9 Å². The third-order valence-corrected chi connectivity index (χ3v) is 5.82. The van der Waals surface area contributed by atoms with Crippen LogP contribution in [0.15, 0.2) is 23.1 Å². The molecule has 1 aromatic carbocycles. The molecule has 2 aromatic rings. The Labute approximate surface area is 133 Å². The van der Waals surface area contributed by atoms with Gasteiger partial charge in [0.05, 0.1) is 11.3 Å². The number of hydrogen-bond donors (Lipinski definition) is 1. The Bertz CT molecular complexity index is 639. The van der Waals surface area contributed by atoms with Gasteiger partial charge in [-0.3, -0.25) is 0 Å². The number of halogens is 1. The highest BCUT2D eigenvalue weighted by molar-refractivity contribution is 7.98. The van der Waals surface area contributed by atoms with Gasteiger partial charge in [-0.05, 0) is 44.2 Å². The maximum absolute atomic E-state index is 14.3. The van der Waals surface area contributed by atoms with Crippen molar-refractivity contribution in [1.29, 1.82) is 0 Å². The molecule has 1 heterocycles. The third kappa shape index (κ3) is 2.87. The van der Waals surface area contributed by atoms with Crippen LogP contribution in [0.2, 0.25) is 0 Å². The first-order valence-corrected chi connectivity index (χ1v) is 9.34. The second kappa shape index (κ2) is 6.46. The molecule has 2 nitrogen and oxygen atoms in total. The summed E-state index contributed by atoms with van der Waals surface area (Å²) in [7, 11) is 0. The third-order valence-electron chi connectivity index (χ3n) is 3.81. The van der Waals surface area contributed by atoms with Crippen LogP contribution in [0.5, 0.6) is 0 Å². The van der Waals surface area contributed by atoms with Gasteiger partial charge < -0.3 is 5.32 Å². The molecule has 1 N–H and O–H groups in total. The molecular weight excluding hydrogens is 303 g/mol. The first-order valence-electron chi connectivity index (χ1n) is 7.30. The van der Waals surface area contributed by atoms with Crippen molar-refractivity contribution in [3.05, 3.63) is 34.6 Å². The van der Waals surface area contributed by atoms with E-state index in [-0.39, 0.29) is 5.82 Å². The largest absolute Gasteiger partial charge is 0.309 e. The van der Waals surface area contributed by atoms with Crippen LogP contribution in [0.3, 0.4) is 0 Å². The van der Waals surface area contributed by atoms with Gasteiger partial charge in [-0.15, -0.1) is 23.1 Å². The number of aromatic nitrogens is 1. The van der Waals surface area contributed by atoms with Gasteiger partial charge in [0.1, 0.15) is 10.8 Å². The molecule has 0 amide bonds. The summed E-state index contributed by atoms with van der Waals surface area (Å²) < 4.78 is 14.3. The van der Waals surface area contributed by atoms with Crippen molar-refractivity contribution in [2.24, 2.45) is 0 Å². The standard InChI is InChI=1S/C16H19FN2S2/c1-3-18-11-7-5-8-12-15(11)21-16(19-12)14-10(17)6-4-9-13(14)20-2/h4,6,9,11,18H,3,5,7-8H2,1-2H3. The first kappa shape index (κ1) is 15.0. The Morgan fingerprint density at radius 3 is 3.10 bits per heavy atom. The van der Waals surface area contributed by atoms with Gasteiger partial charge in [0.15, 0.2) is 0 Å². The molecule has 3 rings (SSSR count). The SMILES string of the molecule is CCNC1CCCc2nc(-c3c(F)cccc3SC)sc21. The van der Waals surface area contributed by atoms with E-state index in [1.54, 1.807) is 29.2 Å². The fourth-order valence-corrected chi connectivity index (χ4v) is 4.81. The van der Waals surface area contributed by atoms with E-state index in [0.717, 1.165) is 41.4 Å². The Morgan fingerprint density at radius 1 is 1.48 bits per heavy atom. The second-order valence-corrected chi connectivity index (χ2v) is 7.03. The molecule has 0 spiro atoms. The molecule has 1 aliphatic rings. The lowest BCUT2D eigenvalue weighted by molar-refractivity contribution is 0.476. The fraction of sp³-hybridized carbons (Fsp3) is 0.438. The van der Waals surface area contributed by atoms with Gasteiger partial charge >= 0.3 is 0 Å². The summed E-state index contributed by atoms with van der Waals surface area (Å²) in [6.45, 7) is 3.08. The van der Waals surface area contributed by atoms with Gasteiger partial charge in [0.2, 0.25) is 0 Å². The maximum atomic E-state index is 14.3. The number of thiazole rings is 1. The Balaban J connectivity index is 2.06. The van der Waals surface area contributed by atoms with E-state index in [9.17, 15) is 4.39 Å². The van der Waals surface area contributed by atoms with E-state index in [2.05, 4.69) is 12.2 Å². The van der Waals surface area contributed by atoms with Gasteiger partial charge in [0, 0.05) is 15.8 Å².